The lowest BCUT2D eigenvalue weighted by atomic mass is 9.91. The number of hydrogen-bond donors (Lipinski definition) is 2. The van der Waals surface area contributed by atoms with Gasteiger partial charge in [-0.3, -0.25) is 0 Å². The van der Waals surface area contributed by atoms with Gasteiger partial charge in [0.25, 0.3) is 0 Å². The number of carboxylic acid groups (broad SMARTS) is 1. The van der Waals surface area contributed by atoms with Gasteiger partial charge >= 0.3 is 5.97 Å². The van der Waals surface area contributed by atoms with Crippen LogP contribution in [-0.2, 0) is 5.41 Å². The smallest absolute Gasteiger partial charge is 0.358 e. The van der Waals surface area contributed by atoms with Crippen LogP contribution in [0.5, 0.6) is 0 Å². The second-order valence-electron chi connectivity index (χ2n) is 4.22. The molecule has 0 radical (unpaired) electrons. The number of carboxylic acids is 1. The predicted molar refractivity (Wildman–Crippen MR) is 49.8 cm³/mol. The van der Waals surface area contributed by atoms with E-state index in [1.54, 1.807) is 6.92 Å². The van der Waals surface area contributed by atoms with E-state index >= 15 is 0 Å². The van der Waals surface area contributed by atoms with Crippen LogP contribution in [0.25, 0.3) is 0 Å². The third kappa shape index (κ3) is 1.57. The molecule has 0 spiro atoms. The third-order valence-corrected chi connectivity index (χ3v) is 1.93. The molecule has 5 heteroatoms. The number of carbonyl (C=O) groups is 1. The second kappa shape index (κ2) is 3.01. The minimum absolute atomic E-state index is 0.157. The van der Waals surface area contributed by atoms with Crippen LogP contribution >= 0.6 is 0 Å². The largest absolute Gasteiger partial charge is 0.476 e. The normalized spacial score (nSPS) is 11.7. The summed E-state index contributed by atoms with van der Waals surface area (Å²) in [7, 11) is 0. The fraction of sp³-hybridized carbons (Fsp3) is 0.556. The molecule has 1 rings (SSSR count). The number of aryl methyl sites for hydroxylation is 1. The Labute approximate surface area is 82.0 Å². The summed E-state index contributed by atoms with van der Waals surface area (Å²) < 4.78 is 0.614. The summed E-state index contributed by atoms with van der Waals surface area (Å²) in [4.78, 5) is 14.9. The lowest BCUT2D eigenvalue weighted by molar-refractivity contribution is 0.0637. The van der Waals surface area contributed by atoms with Crippen molar-refractivity contribution in [2.75, 3.05) is 0 Å². The lowest BCUT2D eigenvalue weighted by Crippen LogP contribution is -2.18. The van der Waals surface area contributed by atoms with Gasteiger partial charge in [-0.15, -0.1) is 0 Å². The molecular formula is C9H14N2O3. The molecule has 0 amide bonds. The molecule has 1 aromatic rings. The van der Waals surface area contributed by atoms with Gasteiger partial charge in [-0.2, -0.15) is 4.73 Å². The average Bonchev–Trinajstić information content (AvgIpc) is 2.27. The van der Waals surface area contributed by atoms with E-state index < -0.39 is 11.4 Å². The summed E-state index contributed by atoms with van der Waals surface area (Å²) in [6.07, 6.45) is 0. The molecule has 0 atom stereocenters. The molecule has 5 nitrogen and oxygen atoms in total. The van der Waals surface area contributed by atoms with Crippen molar-refractivity contribution in [3.05, 3.63) is 17.2 Å². The molecule has 2 N–H and O–H groups in total. The molecule has 0 bridgehead atoms. The molecule has 14 heavy (non-hydrogen) atoms. The van der Waals surface area contributed by atoms with Crippen molar-refractivity contribution in [2.24, 2.45) is 0 Å². The molecule has 1 heterocycles. The standard InChI is InChI=1S/C9H14N2O3/c1-5-10-7(9(2,3)4)6(8(12)13)11(5)14/h14H,1-4H3,(H,12,13). The van der Waals surface area contributed by atoms with E-state index in [4.69, 9.17) is 5.11 Å². The van der Waals surface area contributed by atoms with Gasteiger partial charge in [0.15, 0.2) is 5.69 Å². The first-order valence-electron chi connectivity index (χ1n) is 4.27. The van der Waals surface area contributed by atoms with Crippen molar-refractivity contribution in [2.45, 2.75) is 33.1 Å². The lowest BCUT2D eigenvalue weighted by Gasteiger charge is -2.15. The van der Waals surface area contributed by atoms with E-state index in [1.807, 2.05) is 20.8 Å². The fourth-order valence-corrected chi connectivity index (χ4v) is 1.24. The molecule has 0 saturated heterocycles. The van der Waals surface area contributed by atoms with Crippen LogP contribution in [0, 0.1) is 6.92 Å². The highest BCUT2D eigenvalue weighted by atomic mass is 16.5. The van der Waals surface area contributed by atoms with Gasteiger partial charge in [-0.1, -0.05) is 20.8 Å². The Morgan fingerprint density at radius 2 is 1.93 bits per heavy atom. The van der Waals surface area contributed by atoms with Crippen molar-refractivity contribution in [1.29, 1.82) is 0 Å². The van der Waals surface area contributed by atoms with E-state index in [-0.39, 0.29) is 11.5 Å². The fourth-order valence-electron chi connectivity index (χ4n) is 1.24. The summed E-state index contributed by atoms with van der Waals surface area (Å²) in [5.74, 6) is -0.884. The molecule has 0 aliphatic rings. The molecule has 1 aromatic heterocycles. The van der Waals surface area contributed by atoms with E-state index in [2.05, 4.69) is 4.98 Å². The van der Waals surface area contributed by atoms with Crippen LogP contribution < -0.4 is 0 Å². The molecule has 0 saturated carbocycles. The van der Waals surface area contributed by atoms with Gasteiger partial charge in [0.2, 0.25) is 0 Å². The number of nitrogens with zero attached hydrogens (tertiary/aromatic N) is 2. The van der Waals surface area contributed by atoms with Crippen molar-refractivity contribution < 1.29 is 15.1 Å². The Morgan fingerprint density at radius 1 is 1.43 bits per heavy atom. The number of rotatable bonds is 1. The average molecular weight is 198 g/mol. The first-order valence-corrected chi connectivity index (χ1v) is 4.27. The van der Waals surface area contributed by atoms with Crippen LogP contribution in [0.4, 0.5) is 0 Å². The minimum Gasteiger partial charge on any atom is -0.476 e. The van der Waals surface area contributed by atoms with E-state index in [0.29, 0.717) is 10.4 Å². The number of imidazole rings is 1. The Kier molecular flexibility index (Phi) is 2.27. The Hall–Kier alpha value is -1.52. The Balaban J connectivity index is 3.45. The van der Waals surface area contributed by atoms with E-state index in [0.717, 1.165) is 0 Å². The van der Waals surface area contributed by atoms with Crippen LogP contribution in [0.1, 0.15) is 42.8 Å². The third-order valence-electron chi connectivity index (χ3n) is 1.93. The maximum atomic E-state index is 10.9. The maximum absolute atomic E-state index is 10.9. The van der Waals surface area contributed by atoms with Crippen LogP contribution in [-0.4, -0.2) is 26.0 Å². The summed E-state index contributed by atoms with van der Waals surface area (Å²) in [5.41, 5.74) is -0.160. The SMILES string of the molecule is Cc1nc(C(C)(C)C)c(C(=O)O)n1O. The van der Waals surface area contributed by atoms with E-state index in [1.165, 1.54) is 0 Å². The summed E-state index contributed by atoms with van der Waals surface area (Å²) in [5, 5.41) is 18.3. The Bertz CT molecular complexity index is 374. The van der Waals surface area contributed by atoms with Gasteiger partial charge in [-0.25, -0.2) is 9.78 Å². The summed E-state index contributed by atoms with van der Waals surface area (Å²) >= 11 is 0. The number of aromatic carboxylic acids is 1. The van der Waals surface area contributed by atoms with Crippen molar-refractivity contribution in [1.82, 2.24) is 9.71 Å². The predicted octanol–water partition coefficient (Wildman–Crippen LogP) is 1.42. The van der Waals surface area contributed by atoms with Crippen molar-refractivity contribution in [3.8, 4) is 0 Å². The van der Waals surface area contributed by atoms with Gasteiger partial charge < -0.3 is 10.3 Å². The Morgan fingerprint density at radius 3 is 2.21 bits per heavy atom. The van der Waals surface area contributed by atoms with Crippen molar-refractivity contribution >= 4 is 5.97 Å². The molecule has 0 aliphatic heterocycles. The monoisotopic (exact) mass is 198 g/mol. The number of hydrogen-bond acceptors (Lipinski definition) is 3. The molecule has 0 aliphatic carbocycles. The summed E-state index contributed by atoms with van der Waals surface area (Å²) in [6, 6.07) is 0. The highest BCUT2D eigenvalue weighted by Gasteiger charge is 2.29. The molecule has 78 valence electrons. The van der Waals surface area contributed by atoms with Gasteiger partial charge in [0.1, 0.15) is 5.82 Å². The van der Waals surface area contributed by atoms with Gasteiger partial charge in [-0.05, 0) is 6.92 Å². The first-order chi connectivity index (χ1) is 6.25. The molecule has 0 aromatic carbocycles. The highest BCUT2D eigenvalue weighted by Crippen LogP contribution is 2.25. The topological polar surface area (TPSA) is 75.3 Å². The van der Waals surface area contributed by atoms with Crippen LogP contribution in [0.15, 0.2) is 0 Å². The van der Waals surface area contributed by atoms with Crippen molar-refractivity contribution in [3.63, 3.8) is 0 Å². The zero-order valence-corrected chi connectivity index (χ0v) is 8.70. The van der Waals surface area contributed by atoms with Gasteiger partial charge in [0.05, 0.1) is 5.69 Å². The van der Waals surface area contributed by atoms with Crippen LogP contribution in [0.3, 0.4) is 0 Å². The number of aromatic nitrogens is 2. The zero-order valence-electron chi connectivity index (χ0n) is 8.70. The molecule has 0 fully saturated rings. The van der Waals surface area contributed by atoms with Gasteiger partial charge in [0, 0.05) is 5.41 Å². The summed E-state index contributed by atoms with van der Waals surface area (Å²) in [6.45, 7) is 7.10. The quantitative estimate of drug-likeness (QED) is 0.669. The highest BCUT2D eigenvalue weighted by molar-refractivity contribution is 5.87. The molecule has 0 unspecified atom stereocenters. The maximum Gasteiger partial charge on any atom is 0.358 e. The minimum atomic E-state index is -1.17. The molecular weight excluding hydrogens is 184 g/mol. The zero-order chi connectivity index (χ0) is 11.1. The van der Waals surface area contributed by atoms with Crippen LogP contribution in [0.2, 0.25) is 0 Å². The van der Waals surface area contributed by atoms with E-state index in [9.17, 15) is 10.0 Å². The second-order valence-corrected chi connectivity index (χ2v) is 4.22. The first kappa shape index (κ1) is 10.6.